The van der Waals surface area contributed by atoms with Crippen LogP contribution in [0, 0.1) is 18.3 Å². The van der Waals surface area contributed by atoms with E-state index >= 15 is 0 Å². The van der Waals surface area contributed by atoms with Crippen molar-refractivity contribution in [1.29, 1.82) is 5.26 Å². The lowest BCUT2D eigenvalue weighted by atomic mass is 9.99. The normalized spacial score (nSPS) is 9.59. The Morgan fingerprint density at radius 3 is 2.29 bits per heavy atom. The van der Waals surface area contributed by atoms with Gasteiger partial charge in [0.2, 0.25) is 0 Å². The zero-order valence-corrected chi connectivity index (χ0v) is 9.48. The van der Waals surface area contributed by atoms with E-state index in [1.54, 1.807) is 6.08 Å². The van der Waals surface area contributed by atoms with Gasteiger partial charge >= 0.3 is 0 Å². The first kappa shape index (κ1) is 11.0. The predicted octanol–water partition coefficient (Wildman–Crippen LogP) is 4.05. The molecule has 2 aromatic carbocycles. The van der Waals surface area contributed by atoms with Crippen molar-refractivity contribution in [3.05, 3.63) is 72.7 Å². The molecule has 2 aromatic rings. The van der Waals surface area contributed by atoms with Crippen LogP contribution in [0.4, 0.5) is 0 Å². The van der Waals surface area contributed by atoms with Gasteiger partial charge in [0.05, 0.1) is 17.2 Å². The molecule has 0 fully saturated rings. The maximum absolute atomic E-state index is 8.75. The van der Waals surface area contributed by atoms with Gasteiger partial charge < -0.3 is 0 Å². The molecular formula is C16H12N+. The number of hydrogen-bond donors (Lipinski definition) is 0. The van der Waals surface area contributed by atoms with Gasteiger partial charge in [-0.05, 0) is 23.8 Å². The van der Waals surface area contributed by atoms with Crippen molar-refractivity contribution in [2.75, 3.05) is 0 Å². The van der Waals surface area contributed by atoms with E-state index in [0.717, 1.165) is 22.3 Å². The summed E-state index contributed by atoms with van der Waals surface area (Å²) in [4.78, 5) is 0. The van der Waals surface area contributed by atoms with Crippen LogP contribution in [0.1, 0.15) is 16.7 Å². The van der Waals surface area contributed by atoms with Gasteiger partial charge in [0.1, 0.15) is 5.56 Å². The second-order valence-electron chi connectivity index (χ2n) is 3.81. The summed E-state index contributed by atoms with van der Waals surface area (Å²) in [5.74, 6) is 0. The second kappa shape index (κ2) is 4.59. The summed E-state index contributed by atoms with van der Waals surface area (Å²) in [6, 6.07) is 15.7. The molecule has 0 saturated carbocycles. The minimum absolute atomic E-state index is 0.673. The fourth-order valence-electron chi connectivity index (χ4n) is 1.70. The van der Waals surface area contributed by atoms with Crippen LogP contribution < -0.4 is 0 Å². The Bertz CT molecular complexity index is 586. The zero-order chi connectivity index (χ0) is 12.3. The van der Waals surface area contributed by atoms with Crippen molar-refractivity contribution in [3.8, 4) is 17.2 Å². The summed E-state index contributed by atoms with van der Waals surface area (Å²) < 4.78 is 0. The monoisotopic (exact) mass is 218 g/mol. The molecule has 0 unspecified atom stereocenters. The highest BCUT2D eigenvalue weighted by Crippen LogP contribution is 2.23. The van der Waals surface area contributed by atoms with E-state index < -0.39 is 0 Å². The number of benzene rings is 2. The third kappa shape index (κ3) is 2.21. The Morgan fingerprint density at radius 1 is 1.06 bits per heavy atom. The van der Waals surface area contributed by atoms with Crippen LogP contribution in [-0.2, 0) is 0 Å². The molecule has 0 aliphatic heterocycles. The SMILES string of the molecule is C=Cc1cc(-c2ccc(C#N)cc2)ccc1[CH2+]. The topological polar surface area (TPSA) is 23.8 Å². The first-order valence-corrected chi connectivity index (χ1v) is 5.33. The molecular weight excluding hydrogens is 206 g/mol. The van der Waals surface area contributed by atoms with Crippen molar-refractivity contribution >= 4 is 6.08 Å². The molecule has 1 nitrogen and oxygen atoms in total. The van der Waals surface area contributed by atoms with Gasteiger partial charge in [0.25, 0.3) is 0 Å². The number of hydrogen-bond acceptors (Lipinski definition) is 1. The maximum atomic E-state index is 8.75. The van der Waals surface area contributed by atoms with Crippen molar-refractivity contribution in [3.63, 3.8) is 0 Å². The Balaban J connectivity index is 2.46. The Hall–Kier alpha value is -2.46. The molecule has 0 radical (unpaired) electrons. The summed E-state index contributed by atoms with van der Waals surface area (Å²) >= 11 is 0. The van der Waals surface area contributed by atoms with E-state index in [1.807, 2.05) is 36.4 Å². The van der Waals surface area contributed by atoms with Crippen LogP contribution in [-0.4, -0.2) is 0 Å². The highest BCUT2D eigenvalue weighted by Gasteiger charge is 2.06. The van der Waals surface area contributed by atoms with Crippen molar-refractivity contribution in [1.82, 2.24) is 0 Å². The van der Waals surface area contributed by atoms with Gasteiger partial charge in [-0.3, -0.25) is 0 Å². The van der Waals surface area contributed by atoms with Crippen molar-refractivity contribution in [2.24, 2.45) is 0 Å². The van der Waals surface area contributed by atoms with Crippen LogP contribution in [0.5, 0.6) is 0 Å². The molecule has 0 aromatic heterocycles. The van der Waals surface area contributed by atoms with Gasteiger partial charge in [0.15, 0.2) is 0 Å². The number of nitrogens with zero attached hydrogens (tertiary/aromatic N) is 1. The molecule has 0 aliphatic rings. The lowest BCUT2D eigenvalue weighted by Crippen LogP contribution is -1.84. The largest absolute Gasteiger partial charge is 0.192 e. The average molecular weight is 218 g/mol. The molecule has 0 atom stereocenters. The van der Waals surface area contributed by atoms with E-state index in [4.69, 9.17) is 5.26 Å². The number of nitriles is 1. The molecule has 0 aliphatic carbocycles. The van der Waals surface area contributed by atoms with Crippen molar-refractivity contribution in [2.45, 2.75) is 0 Å². The van der Waals surface area contributed by atoms with Crippen LogP contribution in [0.15, 0.2) is 49.0 Å². The molecule has 80 valence electrons. The van der Waals surface area contributed by atoms with Gasteiger partial charge in [-0.15, -0.1) is 0 Å². The summed E-state index contributed by atoms with van der Waals surface area (Å²) in [6.45, 7) is 7.71. The van der Waals surface area contributed by atoms with E-state index in [2.05, 4.69) is 25.6 Å². The maximum Gasteiger partial charge on any atom is 0.134 e. The molecule has 1 heteroatoms. The third-order valence-electron chi connectivity index (χ3n) is 2.71. The van der Waals surface area contributed by atoms with E-state index in [-0.39, 0.29) is 0 Å². The van der Waals surface area contributed by atoms with Gasteiger partial charge in [0, 0.05) is 30.7 Å². The van der Waals surface area contributed by atoms with Gasteiger partial charge in [-0.1, -0.05) is 18.7 Å². The van der Waals surface area contributed by atoms with Crippen LogP contribution >= 0.6 is 0 Å². The predicted molar refractivity (Wildman–Crippen MR) is 71.1 cm³/mol. The number of rotatable bonds is 2. The Labute approximate surface area is 102 Å². The van der Waals surface area contributed by atoms with Gasteiger partial charge in [-0.25, -0.2) is 0 Å². The first-order valence-electron chi connectivity index (χ1n) is 5.33. The summed E-state index contributed by atoms with van der Waals surface area (Å²) in [7, 11) is 0. The summed E-state index contributed by atoms with van der Waals surface area (Å²) in [5, 5.41) is 8.75. The lowest BCUT2D eigenvalue weighted by molar-refractivity contribution is 1.48. The van der Waals surface area contributed by atoms with E-state index in [0.29, 0.717) is 5.56 Å². The fraction of sp³-hybridized carbons (Fsp3) is 0. The summed E-state index contributed by atoms with van der Waals surface area (Å²) in [6.07, 6.45) is 1.80. The molecule has 0 bridgehead atoms. The highest BCUT2D eigenvalue weighted by molar-refractivity contribution is 5.69. The lowest BCUT2D eigenvalue weighted by Gasteiger charge is -2.01. The smallest absolute Gasteiger partial charge is 0.134 e. The second-order valence-corrected chi connectivity index (χ2v) is 3.81. The minimum atomic E-state index is 0.673. The average Bonchev–Trinajstić information content (AvgIpc) is 2.39. The molecule has 2 rings (SSSR count). The minimum Gasteiger partial charge on any atom is -0.192 e. The van der Waals surface area contributed by atoms with Crippen LogP contribution in [0.3, 0.4) is 0 Å². The molecule has 0 amide bonds. The highest BCUT2D eigenvalue weighted by atomic mass is 14.2. The third-order valence-corrected chi connectivity index (χ3v) is 2.71. The van der Waals surface area contributed by atoms with E-state index in [1.165, 1.54) is 0 Å². The van der Waals surface area contributed by atoms with Crippen LogP contribution in [0.25, 0.3) is 17.2 Å². The Morgan fingerprint density at radius 2 is 1.71 bits per heavy atom. The molecule has 17 heavy (non-hydrogen) atoms. The first-order chi connectivity index (χ1) is 8.24. The zero-order valence-electron chi connectivity index (χ0n) is 9.48. The van der Waals surface area contributed by atoms with E-state index in [9.17, 15) is 0 Å². The van der Waals surface area contributed by atoms with Crippen LogP contribution in [0.2, 0.25) is 0 Å². The quantitative estimate of drug-likeness (QED) is 0.697. The molecule has 0 heterocycles. The molecule has 0 saturated heterocycles. The summed E-state index contributed by atoms with van der Waals surface area (Å²) in [5.41, 5.74) is 4.87. The molecule has 0 spiro atoms. The Kier molecular flexibility index (Phi) is 2.98. The fourth-order valence-corrected chi connectivity index (χ4v) is 1.70. The standard InChI is InChI=1S/C16H12N/c1-3-14-10-16(7-4-12(14)2)15-8-5-13(11-17)6-9-15/h3-10H,1-2H2/q+1. The van der Waals surface area contributed by atoms with Crippen molar-refractivity contribution < 1.29 is 0 Å². The molecule has 0 N–H and O–H groups in total. The van der Waals surface area contributed by atoms with Gasteiger partial charge in [-0.2, -0.15) is 5.26 Å².